The van der Waals surface area contributed by atoms with Gasteiger partial charge in [0.05, 0.1) is 23.9 Å². The molecule has 1 aliphatic carbocycles. The number of methoxy groups -OCH3 is 1. The van der Waals surface area contributed by atoms with Crippen LogP contribution in [-0.4, -0.2) is 65.4 Å². The summed E-state index contributed by atoms with van der Waals surface area (Å²) in [5, 5.41) is 1.05. The quantitative estimate of drug-likeness (QED) is 0.208. The molecule has 9 heteroatoms. The molecule has 2 heterocycles. The molecule has 2 aliphatic heterocycles. The first-order valence-electron chi connectivity index (χ1n) is 14.1. The van der Waals surface area contributed by atoms with E-state index in [9.17, 15) is 13.6 Å². The van der Waals surface area contributed by atoms with Crippen LogP contribution in [-0.2, 0) is 9.53 Å². The van der Waals surface area contributed by atoms with Crippen molar-refractivity contribution in [3.05, 3.63) is 42.5 Å². The Hall–Kier alpha value is -2.26. The molecule has 0 N–H and O–H groups in total. The first-order valence-corrected chi connectivity index (χ1v) is 14.9. The van der Waals surface area contributed by atoms with Crippen LogP contribution in [0.3, 0.4) is 0 Å². The average molecular weight is 561 g/mol. The van der Waals surface area contributed by atoms with Gasteiger partial charge in [0.2, 0.25) is 5.91 Å². The van der Waals surface area contributed by atoms with Crippen LogP contribution in [0.4, 0.5) is 14.5 Å². The Morgan fingerprint density at radius 1 is 1.31 bits per heavy atom. The van der Waals surface area contributed by atoms with Gasteiger partial charge in [0.1, 0.15) is 5.84 Å². The van der Waals surface area contributed by atoms with E-state index in [1.54, 1.807) is 23.8 Å². The van der Waals surface area contributed by atoms with Gasteiger partial charge in [-0.1, -0.05) is 38.6 Å². The molecule has 0 aromatic heterocycles. The second-order valence-electron chi connectivity index (χ2n) is 11.7. The Kier molecular flexibility index (Phi) is 9.53. The zero-order chi connectivity index (χ0) is 28.3. The van der Waals surface area contributed by atoms with Crippen molar-refractivity contribution in [3.63, 3.8) is 0 Å². The summed E-state index contributed by atoms with van der Waals surface area (Å²) >= 11 is 1.71. The van der Waals surface area contributed by atoms with E-state index >= 15 is 0 Å². The molecule has 0 bridgehead atoms. The first-order chi connectivity index (χ1) is 18.6. The summed E-state index contributed by atoms with van der Waals surface area (Å²) in [4.78, 5) is 27.3. The van der Waals surface area contributed by atoms with E-state index in [1.165, 1.54) is 6.07 Å². The zero-order valence-corrected chi connectivity index (χ0v) is 24.6. The van der Waals surface area contributed by atoms with E-state index in [4.69, 9.17) is 14.7 Å². The molecule has 0 radical (unpaired) electrons. The lowest BCUT2D eigenvalue weighted by molar-refractivity contribution is -0.119. The van der Waals surface area contributed by atoms with Crippen LogP contribution in [0.25, 0.3) is 0 Å². The third kappa shape index (κ3) is 6.24. The predicted octanol–water partition coefficient (Wildman–Crippen LogP) is 6.46. The van der Waals surface area contributed by atoms with Crippen LogP contribution in [0.2, 0.25) is 0 Å². The third-order valence-electron chi connectivity index (χ3n) is 8.16. The van der Waals surface area contributed by atoms with Crippen LogP contribution in [0.1, 0.15) is 66.2 Å². The van der Waals surface area contributed by atoms with Gasteiger partial charge in [-0.15, -0.1) is 6.58 Å². The number of carbonyl (C=O) groups is 1. The normalized spacial score (nSPS) is 26.7. The SMILES string of the molecule is C=CC[C@@H](OC)C1CN=C(N(C(=NCC)[C@@H]2CCCC(=O)N2c2ccc(F)c(F)c2)[C@H]2CCC2C(C)(C)C)S1. The molecule has 1 saturated carbocycles. The Labute approximate surface area is 236 Å². The highest BCUT2D eigenvalue weighted by atomic mass is 32.2. The number of nitrogens with zero attached hydrogens (tertiary/aromatic N) is 4. The summed E-state index contributed by atoms with van der Waals surface area (Å²) in [5.41, 5.74) is 0.444. The van der Waals surface area contributed by atoms with Gasteiger partial charge in [0, 0.05) is 37.9 Å². The van der Waals surface area contributed by atoms with Crippen LogP contribution in [0.5, 0.6) is 0 Å². The molecule has 1 aromatic carbocycles. The first kappa shape index (κ1) is 29.7. The number of amides is 1. The predicted molar refractivity (Wildman–Crippen MR) is 157 cm³/mol. The molecule has 1 saturated heterocycles. The Morgan fingerprint density at radius 3 is 2.67 bits per heavy atom. The number of thioether (sulfide) groups is 1. The summed E-state index contributed by atoms with van der Waals surface area (Å²) in [6.07, 6.45) is 6.48. The van der Waals surface area contributed by atoms with E-state index in [1.807, 2.05) is 13.0 Å². The minimum Gasteiger partial charge on any atom is -0.380 e. The fourth-order valence-electron chi connectivity index (χ4n) is 6.06. The van der Waals surface area contributed by atoms with Crippen molar-refractivity contribution >= 4 is 34.4 Å². The number of ether oxygens (including phenoxy) is 1. The van der Waals surface area contributed by atoms with Gasteiger partial charge in [-0.2, -0.15) is 0 Å². The van der Waals surface area contributed by atoms with Gasteiger partial charge in [-0.25, -0.2) is 8.78 Å². The highest BCUT2D eigenvalue weighted by Gasteiger charge is 2.48. The lowest BCUT2D eigenvalue weighted by Gasteiger charge is -2.52. The van der Waals surface area contributed by atoms with Crippen LogP contribution in [0.15, 0.2) is 40.8 Å². The maximum Gasteiger partial charge on any atom is 0.227 e. The van der Waals surface area contributed by atoms with Crippen molar-refractivity contribution in [3.8, 4) is 0 Å². The number of hydrogen-bond acceptors (Lipinski definition) is 5. The molecule has 39 heavy (non-hydrogen) atoms. The monoisotopic (exact) mass is 560 g/mol. The largest absolute Gasteiger partial charge is 0.380 e. The minimum absolute atomic E-state index is 0.00286. The lowest BCUT2D eigenvalue weighted by Crippen LogP contribution is -2.61. The van der Waals surface area contributed by atoms with Crippen LogP contribution >= 0.6 is 11.8 Å². The number of aliphatic imine (C=N–C) groups is 2. The smallest absolute Gasteiger partial charge is 0.227 e. The van der Waals surface area contributed by atoms with E-state index in [-0.39, 0.29) is 28.7 Å². The molecule has 2 unspecified atom stereocenters. The Bertz CT molecular complexity index is 1120. The molecule has 3 aliphatic rings. The van der Waals surface area contributed by atoms with E-state index in [0.29, 0.717) is 44.0 Å². The maximum atomic E-state index is 14.3. The zero-order valence-electron chi connectivity index (χ0n) is 23.8. The molecule has 1 aromatic rings. The molecule has 2 fully saturated rings. The third-order valence-corrected chi connectivity index (χ3v) is 9.45. The van der Waals surface area contributed by atoms with Gasteiger partial charge in [-0.3, -0.25) is 14.8 Å². The van der Waals surface area contributed by atoms with Crippen molar-refractivity contribution in [2.45, 2.75) is 89.7 Å². The summed E-state index contributed by atoms with van der Waals surface area (Å²) in [6.45, 7) is 13.9. The van der Waals surface area contributed by atoms with Crippen LogP contribution in [0, 0.1) is 23.0 Å². The second-order valence-corrected chi connectivity index (χ2v) is 12.9. The number of anilines is 1. The fraction of sp³-hybridized carbons (Fsp3) is 0.633. The number of hydrogen-bond donors (Lipinski definition) is 0. The van der Waals surface area contributed by atoms with Crippen molar-refractivity contribution in [2.75, 3.05) is 25.1 Å². The molecule has 1 amide bonds. The average Bonchev–Trinajstić information content (AvgIpc) is 3.34. The Balaban J connectivity index is 1.76. The molecular formula is C30H42F2N4O2S. The summed E-state index contributed by atoms with van der Waals surface area (Å²) in [5.74, 6) is -0.788. The second kappa shape index (κ2) is 12.5. The number of benzene rings is 1. The van der Waals surface area contributed by atoms with Crippen molar-refractivity contribution < 1.29 is 18.3 Å². The van der Waals surface area contributed by atoms with Crippen molar-refractivity contribution in [1.82, 2.24) is 4.90 Å². The van der Waals surface area contributed by atoms with Gasteiger partial charge in [0.25, 0.3) is 0 Å². The minimum atomic E-state index is -0.964. The van der Waals surface area contributed by atoms with Crippen LogP contribution < -0.4 is 4.90 Å². The van der Waals surface area contributed by atoms with Gasteiger partial charge < -0.3 is 14.5 Å². The standard InChI is InChI=1S/C30H42F2N4O2S/c1-7-10-25(38-6)26-18-34-29(39-26)36(23-16-14-20(23)30(3,4)5)28(33-8-2)24-11-9-12-27(37)35(24)19-13-15-21(31)22(32)17-19/h7,13,15,17,20,23-26H,1,8-12,14,16,18H2,2-6H3/t20?,23-,24-,25+,26?/m0/s1. The molecule has 4 rings (SSSR count). The number of rotatable bonds is 8. The van der Waals surface area contributed by atoms with E-state index in [2.05, 4.69) is 32.3 Å². The van der Waals surface area contributed by atoms with Gasteiger partial charge in [-0.05, 0) is 62.5 Å². The number of piperidine rings is 1. The van der Waals surface area contributed by atoms with Gasteiger partial charge in [0.15, 0.2) is 16.8 Å². The molecular weight excluding hydrogens is 518 g/mol. The Morgan fingerprint density at radius 2 is 2.08 bits per heavy atom. The summed E-state index contributed by atoms with van der Waals surface area (Å²) in [7, 11) is 1.73. The summed E-state index contributed by atoms with van der Waals surface area (Å²) < 4.78 is 33.9. The van der Waals surface area contributed by atoms with Gasteiger partial charge >= 0.3 is 0 Å². The maximum absolute atomic E-state index is 14.3. The van der Waals surface area contributed by atoms with E-state index < -0.39 is 17.7 Å². The van der Waals surface area contributed by atoms with Crippen molar-refractivity contribution in [2.24, 2.45) is 21.3 Å². The number of halogens is 2. The molecule has 0 spiro atoms. The highest BCUT2D eigenvalue weighted by Crippen LogP contribution is 2.47. The fourth-order valence-corrected chi connectivity index (χ4v) is 7.34. The lowest BCUT2D eigenvalue weighted by atomic mass is 9.64. The van der Waals surface area contributed by atoms with Crippen molar-refractivity contribution in [1.29, 1.82) is 0 Å². The highest BCUT2D eigenvalue weighted by molar-refractivity contribution is 8.14. The molecule has 214 valence electrons. The van der Waals surface area contributed by atoms with E-state index in [0.717, 1.165) is 42.4 Å². The molecule has 5 atom stereocenters. The molecule has 6 nitrogen and oxygen atoms in total. The number of carbonyl (C=O) groups excluding carboxylic acids is 1. The topological polar surface area (TPSA) is 57.5 Å². The number of amidine groups is 2. The summed E-state index contributed by atoms with van der Waals surface area (Å²) in [6, 6.07) is 3.48.